The highest BCUT2D eigenvalue weighted by molar-refractivity contribution is 6.31. The molecule has 1 heterocycles. The van der Waals surface area contributed by atoms with Crippen LogP contribution in [0.5, 0.6) is 0 Å². The van der Waals surface area contributed by atoms with Crippen molar-refractivity contribution < 1.29 is 23.2 Å². The number of nitrogens with two attached hydrogens (primary N) is 1. The number of halogens is 3. The summed E-state index contributed by atoms with van der Waals surface area (Å²) in [5.41, 5.74) is 7.36. The monoisotopic (exact) mass is 509 g/mol. The highest BCUT2D eigenvalue weighted by atomic mass is 35.5. The van der Waals surface area contributed by atoms with E-state index in [-0.39, 0.29) is 30.6 Å². The van der Waals surface area contributed by atoms with Gasteiger partial charge in [0.1, 0.15) is 18.1 Å². The number of nitrogens with one attached hydrogen (secondary N) is 2. The lowest BCUT2D eigenvalue weighted by Gasteiger charge is -2.27. The minimum absolute atomic E-state index is 0.0128. The third-order valence-corrected chi connectivity index (χ3v) is 5.52. The predicted octanol–water partition coefficient (Wildman–Crippen LogP) is 4.50. The highest BCUT2D eigenvalue weighted by Gasteiger charge is 2.21. The van der Waals surface area contributed by atoms with Crippen molar-refractivity contribution in [1.29, 1.82) is 0 Å². The maximum absolute atomic E-state index is 13.5. The molecule has 0 radical (unpaired) electrons. The molecule has 0 aliphatic heterocycles. The van der Waals surface area contributed by atoms with Gasteiger partial charge in [-0.05, 0) is 23.8 Å². The quantitative estimate of drug-likeness (QED) is 0.410. The Morgan fingerprint density at radius 3 is 2.74 bits per heavy atom. The van der Waals surface area contributed by atoms with Gasteiger partial charge in [-0.1, -0.05) is 52.6 Å². The number of benzene rings is 2. The first-order chi connectivity index (χ1) is 16.3. The van der Waals surface area contributed by atoms with Gasteiger partial charge in [0.25, 0.3) is 0 Å². The van der Waals surface area contributed by atoms with Gasteiger partial charge in [-0.15, -0.1) is 0 Å². The van der Waals surface area contributed by atoms with E-state index < -0.39 is 24.0 Å². The lowest BCUT2D eigenvalue weighted by molar-refractivity contribution is 0.119. The van der Waals surface area contributed by atoms with Crippen LogP contribution in [0.1, 0.15) is 5.56 Å². The summed E-state index contributed by atoms with van der Waals surface area (Å²) in [6.45, 7) is -0.139. The highest BCUT2D eigenvalue weighted by Crippen LogP contribution is 2.24. The average molecular weight is 510 g/mol. The number of hydrogen-bond donors (Lipinski definition) is 3. The zero-order chi connectivity index (χ0) is 24.7. The van der Waals surface area contributed by atoms with Gasteiger partial charge in [0, 0.05) is 36.8 Å². The summed E-state index contributed by atoms with van der Waals surface area (Å²) in [6, 6.07) is 11.7. The van der Waals surface area contributed by atoms with E-state index in [1.54, 1.807) is 30.3 Å². The zero-order valence-corrected chi connectivity index (χ0v) is 19.6. The van der Waals surface area contributed by atoms with Crippen LogP contribution in [0.15, 0.2) is 53.1 Å². The fourth-order valence-electron chi connectivity index (χ4n) is 2.91. The zero-order valence-electron chi connectivity index (χ0n) is 18.1. The van der Waals surface area contributed by atoms with Crippen molar-refractivity contribution in [3.63, 3.8) is 0 Å². The summed E-state index contributed by atoms with van der Waals surface area (Å²) >= 11 is 11.9. The molecule has 34 heavy (non-hydrogen) atoms. The molecule has 3 rings (SSSR count). The lowest BCUT2D eigenvalue weighted by Crippen LogP contribution is -2.49. The third kappa shape index (κ3) is 6.60. The number of aromatic nitrogens is 1. The molecule has 0 saturated heterocycles. The van der Waals surface area contributed by atoms with E-state index in [9.17, 15) is 14.0 Å². The summed E-state index contributed by atoms with van der Waals surface area (Å²) in [5.74, 6) is -0.505. The van der Waals surface area contributed by atoms with Crippen LogP contribution < -0.4 is 16.4 Å². The van der Waals surface area contributed by atoms with Crippen LogP contribution >= 0.6 is 23.2 Å². The van der Waals surface area contributed by atoms with Crippen LogP contribution in [0.3, 0.4) is 0 Å². The number of urea groups is 1. The van der Waals surface area contributed by atoms with Crippen molar-refractivity contribution in [2.24, 2.45) is 5.73 Å². The molecule has 3 aromatic rings. The average Bonchev–Trinajstić information content (AvgIpc) is 3.28. The van der Waals surface area contributed by atoms with Gasteiger partial charge in [0.05, 0.1) is 11.1 Å². The van der Waals surface area contributed by atoms with Crippen LogP contribution in [-0.4, -0.2) is 48.4 Å². The molecule has 0 bridgehead atoms. The number of hydrogen-bond acceptors (Lipinski definition) is 6. The molecule has 12 heteroatoms. The van der Waals surface area contributed by atoms with Gasteiger partial charge in [-0.3, -0.25) is 5.32 Å². The molecular formula is C22H22Cl2FN5O4. The Labute approximate surface area is 204 Å². The first kappa shape index (κ1) is 25.3. The predicted molar refractivity (Wildman–Crippen MR) is 126 cm³/mol. The molecule has 2 aromatic carbocycles. The van der Waals surface area contributed by atoms with Crippen molar-refractivity contribution in [2.75, 3.05) is 25.5 Å². The smallest absolute Gasteiger partial charge is 0.414 e. The second-order valence-electron chi connectivity index (χ2n) is 7.18. The Bertz CT molecular complexity index is 1160. The summed E-state index contributed by atoms with van der Waals surface area (Å²) in [5, 5.41) is 9.40. The standard InChI is InChI=1S/C22H22Cl2FN5O4/c1-30(21(31)27-11-14-5-3-7-17(25)20(14)24)16(10-26)12-33-22(32)28-19-9-18(29-34-19)13-4-2-6-15(23)8-13/h2-9,16H,10-12,26H2,1H3,(H,27,31)(H,28,32)/t16-/m0/s1. The maximum atomic E-state index is 13.5. The van der Waals surface area contributed by atoms with Crippen LogP contribution in [0.2, 0.25) is 10.0 Å². The Balaban J connectivity index is 1.49. The van der Waals surface area contributed by atoms with Crippen LogP contribution in [0, 0.1) is 5.82 Å². The summed E-state index contributed by atoms with van der Waals surface area (Å²) in [4.78, 5) is 25.9. The molecular weight excluding hydrogens is 488 g/mol. The van der Waals surface area contributed by atoms with Crippen LogP contribution in [-0.2, 0) is 11.3 Å². The molecule has 0 fully saturated rings. The van der Waals surface area contributed by atoms with Crippen LogP contribution in [0.25, 0.3) is 11.3 Å². The fourth-order valence-corrected chi connectivity index (χ4v) is 3.29. The molecule has 3 amide bonds. The Morgan fingerprint density at radius 2 is 2.00 bits per heavy atom. The Hall–Kier alpha value is -3.34. The van der Waals surface area contributed by atoms with Crippen LogP contribution in [0.4, 0.5) is 19.9 Å². The van der Waals surface area contributed by atoms with Gasteiger partial charge in [0.15, 0.2) is 0 Å². The molecule has 9 nitrogen and oxygen atoms in total. The fraction of sp³-hybridized carbons (Fsp3) is 0.227. The SMILES string of the molecule is CN(C(=O)NCc1cccc(F)c1Cl)[C@@H](CN)COC(=O)Nc1cc(-c2cccc(Cl)c2)no1. The van der Waals surface area contributed by atoms with Gasteiger partial charge < -0.3 is 25.2 Å². The van der Waals surface area contributed by atoms with Gasteiger partial charge in [0.2, 0.25) is 5.88 Å². The van der Waals surface area contributed by atoms with E-state index in [1.807, 2.05) is 0 Å². The third-order valence-electron chi connectivity index (χ3n) is 4.86. The number of nitrogens with zero attached hydrogens (tertiary/aromatic N) is 2. The Kier molecular flexibility index (Phi) is 8.69. The summed E-state index contributed by atoms with van der Waals surface area (Å²) in [6.07, 6.45) is -0.812. The summed E-state index contributed by atoms with van der Waals surface area (Å²) in [7, 11) is 1.50. The number of amides is 3. The van der Waals surface area contributed by atoms with Crippen molar-refractivity contribution >= 4 is 41.2 Å². The second-order valence-corrected chi connectivity index (χ2v) is 8.00. The molecule has 0 unspecified atom stereocenters. The largest absolute Gasteiger partial charge is 0.447 e. The number of ether oxygens (including phenoxy) is 1. The van der Waals surface area contributed by atoms with Crippen molar-refractivity contribution in [2.45, 2.75) is 12.6 Å². The molecule has 0 aliphatic rings. The molecule has 1 aromatic heterocycles. The normalized spacial score (nSPS) is 11.6. The maximum Gasteiger partial charge on any atom is 0.414 e. The van der Waals surface area contributed by atoms with Gasteiger partial charge in [-0.2, -0.15) is 0 Å². The molecule has 0 aliphatic carbocycles. The number of likely N-dealkylation sites (N-methyl/N-ethyl adjacent to an activating group) is 1. The molecule has 0 spiro atoms. The lowest BCUT2D eigenvalue weighted by atomic mass is 10.1. The van der Waals surface area contributed by atoms with E-state index in [0.717, 1.165) is 0 Å². The van der Waals surface area contributed by atoms with Gasteiger partial charge >= 0.3 is 12.1 Å². The molecule has 0 saturated carbocycles. The number of rotatable bonds is 8. The van der Waals surface area contributed by atoms with Crippen molar-refractivity contribution in [3.05, 3.63) is 70.0 Å². The van der Waals surface area contributed by atoms with E-state index in [2.05, 4.69) is 15.8 Å². The minimum atomic E-state index is -0.812. The van der Waals surface area contributed by atoms with E-state index >= 15 is 0 Å². The first-order valence-corrected chi connectivity index (χ1v) is 10.8. The minimum Gasteiger partial charge on any atom is -0.447 e. The second kappa shape index (κ2) is 11.7. The molecule has 4 N–H and O–H groups in total. The number of carbonyl (C=O) groups is 2. The number of anilines is 1. The van der Waals surface area contributed by atoms with Crippen molar-refractivity contribution in [3.8, 4) is 11.3 Å². The van der Waals surface area contributed by atoms with E-state index in [0.29, 0.717) is 21.8 Å². The van der Waals surface area contributed by atoms with E-state index in [1.165, 1.54) is 30.1 Å². The first-order valence-electron chi connectivity index (χ1n) is 10.1. The topological polar surface area (TPSA) is 123 Å². The molecule has 1 atom stereocenters. The van der Waals surface area contributed by atoms with Crippen molar-refractivity contribution in [1.82, 2.24) is 15.4 Å². The van der Waals surface area contributed by atoms with E-state index in [4.69, 9.17) is 38.2 Å². The molecule has 180 valence electrons. The summed E-state index contributed by atoms with van der Waals surface area (Å²) < 4.78 is 23.8. The van der Waals surface area contributed by atoms with Gasteiger partial charge in [-0.25, -0.2) is 14.0 Å². The number of carbonyl (C=O) groups excluding carboxylic acids is 2. The Morgan fingerprint density at radius 1 is 1.24 bits per heavy atom.